The van der Waals surface area contributed by atoms with E-state index in [-0.39, 0.29) is 17.3 Å². The van der Waals surface area contributed by atoms with Gasteiger partial charge in [0.25, 0.3) is 0 Å². The number of nitrogens with zero attached hydrogens (tertiary/aromatic N) is 2. The standard InChI is InChI=1S/C22H22FN3S/c1-13-19-20-17(22(2,3)16-11-14(23)9-10-18(16)24-20)12-27-21(19)26(25-13)15-7-5-4-6-8-15/h4-11,17,20,24H,12H2,1-3H3/t17-,20-/m1/s1. The Kier molecular flexibility index (Phi) is 3.66. The average molecular weight is 380 g/mol. The van der Waals surface area contributed by atoms with Gasteiger partial charge in [-0.3, -0.25) is 0 Å². The van der Waals surface area contributed by atoms with E-state index in [1.54, 1.807) is 12.1 Å². The third kappa shape index (κ3) is 2.44. The summed E-state index contributed by atoms with van der Waals surface area (Å²) in [6, 6.07) is 15.6. The van der Waals surface area contributed by atoms with E-state index in [0.717, 1.165) is 28.4 Å². The molecule has 2 aliphatic rings. The van der Waals surface area contributed by atoms with E-state index in [9.17, 15) is 4.39 Å². The summed E-state index contributed by atoms with van der Waals surface area (Å²) in [5.41, 5.74) is 5.42. The van der Waals surface area contributed by atoms with Crippen molar-refractivity contribution in [2.24, 2.45) is 5.92 Å². The second kappa shape index (κ2) is 5.86. The van der Waals surface area contributed by atoms with Gasteiger partial charge in [0.05, 0.1) is 17.4 Å². The molecule has 5 heteroatoms. The van der Waals surface area contributed by atoms with Gasteiger partial charge in [-0.05, 0) is 48.2 Å². The van der Waals surface area contributed by atoms with Crippen LogP contribution in [0.3, 0.4) is 0 Å². The number of hydrogen-bond acceptors (Lipinski definition) is 3. The molecule has 2 atom stereocenters. The lowest BCUT2D eigenvalue weighted by Crippen LogP contribution is -2.44. The lowest BCUT2D eigenvalue weighted by Gasteiger charge is -2.48. The fourth-order valence-corrected chi connectivity index (χ4v) is 6.21. The molecule has 27 heavy (non-hydrogen) atoms. The van der Waals surface area contributed by atoms with Crippen LogP contribution in [0.4, 0.5) is 10.1 Å². The Labute approximate surface area is 163 Å². The Balaban J connectivity index is 1.66. The number of aromatic nitrogens is 2. The summed E-state index contributed by atoms with van der Waals surface area (Å²) in [6.07, 6.45) is 0. The Morgan fingerprint density at radius 2 is 1.96 bits per heavy atom. The number of benzene rings is 2. The molecular weight excluding hydrogens is 357 g/mol. The highest BCUT2D eigenvalue weighted by Crippen LogP contribution is 2.55. The predicted octanol–water partition coefficient (Wildman–Crippen LogP) is 5.49. The maximum atomic E-state index is 13.9. The van der Waals surface area contributed by atoms with E-state index < -0.39 is 0 Å². The van der Waals surface area contributed by atoms with Crippen LogP contribution in [0.5, 0.6) is 0 Å². The SMILES string of the molecule is Cc1nn(-c2ccccc2)c2c1[C@@H]1Nc3ccc(F)cc3C(C)(C)[C@@H]1CS2. The van der Waals surface area contributed by atoms with E-state index in [1.165, 1.54) is 10.6 Å². The van der Waals surface area contributed by atoms with Crippen LogP contribution >= 0.6 is 11.8 Å². The Bertz CT molecular complexity index is 1030. The molecule has 3 heterocycles. The third-order valence-electron chi connectivity index (χ3n) is 6.09. The lowest BCUT2D eigenvalue weighted by molar-refractivity contribution is 0.291. The second-order valence-corrected chi connectivity index (χ2v) is 9.01. The number of thioether (sulfide) groups is 1. The third-order valence-corrected chi connectivity index (χ3v) is 7.28. The summed E-state index contributed by atoms with van der Waals surface area (Å²) in [7, 11) is 0. The fraction of sp³-hybridized carbons (Fsp3) is 0.318. The molecule has 138 valence electrons. The average Bonchev–Trinajstić information content (AvgIpc) is 3.00. The highest BCUT2D eigenvalue weighted by molar-refractivity contribution is 7.99. The van der Waals surface area contributed by atoms with Crippen LogP contribution in [-0.2, 0) is 5.41 Å². The van der Waals surface area contributed by atoms with Crippen LogP contribution in [0.1, 0.15) is 36.7 Å². The zero-order valence-electron chi connectivity index (χ0n) is 15.7. The van der Waals surface area contributed by atoms with Crippen molar-refractivity contribution >= 4 is 17.4 Å². The van der Waals surface area contributed by atoms with Crippen molar-refractivity contribution in [1.29, 1.82) is 0 Å². The largest absolute Gasteiger partial charge is 0.377 e. The first kappa shape index (κ1) is 16.9. The molecule has 1 N–H and O–H groups in total. The molecule has 5 rings (SSSR count). The molecule has 0 fully saturated rings. The molecule has 2 aromatic carbocycles. The van der Waals surface area contributed by atoms with Crippen molar-refractivity contribution in [3.8, 4) is 5.69 Å². The molecule has 2 aliphatic heterocycles. The van der Waals surface area contributed by atoms with Crippen molar-refractivity contribution in [3.63, 3.8) is 0 Å². The van der Waals surface area contributed by atoms with Gasteiger partial charge in [0, 0.05) is 22.9 Å². The topological polar surface area (TPSA) is 29.9 Å². The number of anilines is 1. The Morgan fingerprint density at radius 3 is 2.74 bits per heavy atom. The van der Waals surface area contributed by atoms with E-state index in [1.807, 2.05) is 36.0 Å². The molecule has 0 saturated carbocycles. The first-order valence-electron chi connectivity index (χ1n) is 9.31. The van der Waals surface area contributed by atoms with Crippen LogP contribution in [0.25, 0.3) is 5.69 Å². The molecule has 0 aliphatic carbocycles. The predicted molar refractivity (Wildman–Crippen MR) is 108 cm³/mol. The highest BCUT2D eigenvalue weighted by atomic mass is 32.2. The maximum Gasteiger partial charge on any atom is 0.123 e. The van der Waals surface area contributed by atoms with Gasteiger partial charge in [0.15, 0.2) is 0 Å². The van der Waals surface area contributed by atoms with Gasteiger partial charge >= 0.3 is 0 Å². The number of hydrogen-bond donors (Lipinski definition) is 1. The summed E-state index contributed by atoms with van der Waals surface area (Å²) in [5, 5.41) is 9.79. The van der Waals surface area contributed by atoms with Crippen molar-refractivity contribution in [2.45, 2.75) is 37.3 Å². The van der Waals surface area contributed by atoms with Gasteiger partial charge in [-0.2, -0.15) is 5.10 Å². The molecule has 0 radical (unpaired) electrons. The Morgan fingerprint density at radius 1 is 1.19 bits per heavy atom. The number of halogens is 1. The molecule has 0 unspecified atom stereocenters. The minimum absolute atomic E-state index is 0.112. The van der Waals surface area contributed by atoms with Crippen molar-refractivity contribution in [2.75, 3.05) is 11.1 Å². The van der Waals surface area contributed by atoms with E-state index in [0.29, 0.717) is 5.92 Å². The van der Waals surface area contributed by atoms with Crippen molar-refractivity contribution in [3.05, 3.63) is 71.2 Å². The minimum Gasteiger partial charge on any atom is -0.377 e. The van der Waals surface area contributed by atoms with E-state index in [2.05, 4.69) is 42.9 Å². The zero-order chi connectivity index (χ0) is 18.8. The fourth-order valence-electron chi connectivity index (χ4n) is 4.57. The molecule has 3 aromatic rings. The molecule has 0 bridgehead atoms. The molecule has 0 amide bonds. The summed E-state index contributed by atoms with van der Waals surface area (Å²) in [5.74, 6) is 1.18. The second-order valence-electron chi connectivity index (χ2n) is 8.00. The van der Waals surface area contributed by atoms with Crippen LogP contribution in [0.2, 0.25) is 0 Å². The monoisotopic (exact) mass is 379 g/mol. The van der Waals surface area contributed by atoms with Crippen LogP contribution in [-0.4, -0.2) is 15.5 Å². The van der Waals surface area contributed by atoms with E-state index in [4.69, 9.17) is 5.10 Å². The molecule has 1 aromatic heterocycles. The number of para-hydroxylation sites is 1. The van der Waals surface area contributed by atoms with Gasteiger partial charge in [-0.1, -0.05) is 32.0 Å². The van der Waals surface area contributed by atoms with Crippen molar-refractivity contribution in [1.82, 2.24) is 9.78 Å². The summed E-state index contributed by atoms with van der Waals surface area (Å²) in [4.78, 5) is 0. The van der Waals surface area contributed by atoms with E-state index >= 15 is 0 Å². The summed E-state index contributed by atoms with van der Waals surface area (Å²) in [6.45, 7) is 6.58. The summed E-state index contributed by atoms with van der Waals surface area (Å²) >= 11 is 1.86. The number of aryl methyl sites for hydroxylation is 1. The van der Waals surface area contributed by atoms with Gasteiger partial charge in [0.2, 0.25) is 0 Å². The smallest absolute Gasteiger partial charge is 0.123 e. The van der Waals surface area contributed by atoms with Gasteiger partial charge in [0.1, 0.15) is 10.8 Å². The number of nitrogens with one attached hydrogen (secondary N) is 1. The van der Waals surface area contributed by atoms with Crippen molar-refractivity contribution < 1.29 is 4.39 Å². The molecule has 0 spiro atoms. The number of rotatable bonds is 1. The van der Waals surface area contributed by atoms with Gasteiger partial charge in [-0.25, -0.2) is 9.07 Å². The summed E-state index contributed by atoms with van der Waals surface area (Å²) < 4.78 is 16.0. The van der Waals surface area contributed by atoms with Crippen LogP contribution in [0.15, 0.2) is 53.6 Å². The molecule has 3 nitrogen and oxygen atoms in total. The van der Waals surface area contributed by atoms with Crippen LogP contribution < -0.4 is 5.32 Å². The normalized spacial score (nSPS) is 22.4. The highest BCUT2D eigenvalue weighted by Gasteiger charge is 2.47. The lowest BCUT2D eigenvalue weighted by atomic mass is 9.66. The first-order chi connectivity index (χ1) is 13.0. The van der Waals surface area contributed by atoms with Gasteiger partial charge in [-0.15, -0.1) is 11.8 Å². The van der Waals surface area contributed by atoms with Crippen LogP contribution in [0, 0.1) is 18.7 Å². The minimum atomic E-state index is -0.167. The van der Waals surface area contributed by atoms with Gasteiger partial charge < -0.3 is 5.32 Å². The molecule has 0 saturated heterocycles. The zero-order valence-corrected chi connectivity index (χ0v) is 16.5. The first-order valence-corrected chi connectivity index (χ1v) is 10.3. The maximum absolute atomic E-state index is 13.9. The number of fused-ring (bicyclic) bond motifs is 4. The molecular formula is C22H22FN3S. The Hall–Kier alpha value is -2.27. The quantitative estimate of drug-likeness (QED) is 0.607.